The molecule has 170 valence electrons. The van der Waals surface area contributed by atoms with E-state index in [-0.39, 0.29) is 11.9 Å². The predicted molar refractivity (Wildman–Crippen MR) is 123 cm³/mol. The van der Waals surface area contributed by atoms with E-state index in [1.165, 1.54) is 11.0 Å². The molecule has 2 aromatic carbocycles. The van der Waals surface area contributed by atoms with Gasteiger partial charge in [0.25, 0.3) is 0 Å². The van der Waals surface area contributed by atoms with Crippen molar-refractivity contribution in [2.45, 2.75) is 32.2 Å². The van der Waals surface area contributed by atoms with Gasteiger partial charge in [0.15, 0.2) is 0 Å². The number of aryl methyl sites for hydroxylation is 1. The van der Waals surface area contributed by atoms with Gasteiger partial charge in [0.05, 0.1) is 11.6 Å². The van der Waals surface area contributed by atoms with Crippen LogP contribution in [-0.2, 0) is 6.54 Å². The number of ether oxygens (including phenoxy) is 1. The fourth-order valence-corrected chi connectivity index (χ4v) is 4.47. The molecule has 0 aliphatic heterocycles. The molecule has 12 heteroatoms. The van der Waals surface area contributed by atoms with Crippen molar-refractivity contribution in [2.24, 2.45) is 0 Å². The molecule has 3 aromatic rings. The molecule has 1 aromatic heterocycles. The Bertz CT molecular complexity index is 1090. The van der Waals surface area contributed by atoms with Gasteiger partial charge in [-0.05, 0) is 55.2 Å². The Labute approximate surface area is 204 Å². The normalized spacial score (nSPS) is 11.9. The van der Waals surface area contributed by atoms with Crippen molar-refractivity contribution in [1.29, 1.82) is 0 Å². The summed E-state index contributed by atoms with van der Waals surface area (Å²) < 4.78 is 7.35. The maximum atomic E-state index is 10.5. The third-order valence-electron chi connectivity index (χ3n) is 4.62. The van der Waals surface area contributed by atoms with E-state index in [4.69, 9.17) is 51.1 Å². The van der Waals surface area contributed by atoms with Crippen molar-refractivity contribution in [2.75, 3.05) is 6.61 Å². The van der Waals surface area contributed by atoms with Crippen molar-refractivity contribution in [3.63, 3.8) is 0 Å². The van der Waals surface area contributed by atoms with Gasteiger partial charge in [-0.3, -0.25) is 4.68 Å². The van der Waals surface area contributed by atoms with Gasteiger partial charge >= 0.3 is 11.1 Å². The van der Waals surface area contributed by atoms with Crippen LogP contribution < -0.4 is 9.57 Å². The molecule has 32 heavy (non-hydrogen) atoms. The summed E-state index contributed by atoms with van der Waals surface area (Å²) in [5.74, 6) is 0.505. The lowest BCUT2D eigenvalue weighted by Gasteiger charge is -2.19. The molecule has 0 saturated carbocycles. The van der Waals surface area contributed by atoms with Crippen molar-refractivity contribution >= 4 is 46.4 Å². The Morgan fingerprint density at radius 3 is 2.56 bits per heavy atom. The quantitative estimate of drug-likeness (QED) is 0.174. The Hall–Kier alpha value is -2.26. The van der Waals surface area contributed by atoms with Crippen LogP contribution >= 0.6 is 46.4 Å². The molecule has 0 saturated heterocycles. The maximum absolute atomic E-state index is 10.5. The summed E-state index contributed by atoms with van der Waals surface area (Å²) in [5, 5.41) is 15.5. The number of rotatable bonds is 10. The number of halogens is 4. The smallest absolute Gasteiger partial charge is 0.327 e. The minimum Gasteiger partial charge on any atom is -0.492 e. The summed E-state index contributed by atoms with van der Waals surface area (Å²) in [7, 11) is 0. The average molecular weight is 520 g/mol. The van der Waals surface area contributed by atoms with Gasteiger partial charge < -0.3 is 4.74 Å². The van der Waals surface area contributed by atoms with Gasteiger partial charge in [0.2, 0.25) is 0 Å². The largest absolute Gasteiger partial charge is 0.492 e. The molecule has 0 N–H and O–H groups in total. The molecule has 0 bridgehead atoms. The van der Waals surface area contributed by atoms with E-state index in [0.717, 1.165) is 11.1 Å². The second kappa shape index (κ2) is 11.0. The molecule has 1 unspecified atom stereocenters. The standard InChI is InChI=1S/C20H18Cl4N4O4/c1-12-7-15(22)9-18(24)19(12)31-6-2-3-13(16-5-4-14(21)8-17(16)23)10-27-11-25-20(26-27)32-28(29)30/h4-5,7-9,11,13H,2-3,6,10H2,1H3. The fraction of sp³-hybridized carbons (Fsp3) is 0.300. The van der Waals surface area contributed by atoms with Gasteiger partial charge in [0.1, 0.15) is 12.1 Å². The van der Waals surface area contributed by atoms with E-state index in [1.54, 1.807) is 24.3 Å². The number of benzene rings is 2. The van der Waals surface area contributed by atoms with Crippen LogP contribution in [-0.4, -0.2) is 26.5 Å². The van der Waals surface area contributed by atoms with Crippen LogP contribution in [0.15, 0.2) is 36.7 Å². The van der Waals surface area contributed by atoms with E-state index in [9.17, 15) is 10.1 Å². The van der Waals surface area contributed by atoms with Gasteiger partial charge in [-0.15, -0.1) is 15.2 Å². The lowest BCUT2D eigenvalue weighted by molar-refractivity contribution is -0.713. The lowest BCUT2D eigenvalue weighted by atomic mass is 9.94. The first kappa shape index (κ1) is 24.4. The molecule has 0 aliphatic rings. The third-order valence-corrected chi connectivity index (χ3v) is 5.68. The van der Waals surface area contributed by atoms with Gasteiger partial charge in [-0.25, -0.2) is 4.84 Å². The van der Waals surface area contributed by atoms with Crippen molar-refractivity contribution in [3.8, 4) is 11.8 Å². The minimum atomic E-state index is -0.964. The molecular formula is C20H18Cl4N4O4. The van der Waals surface area contributed by atoms with Gasteiger partial charge in [0, 0.05) is 27.5 Å². The summed E-state index contributed by atoms with van der Waals surface area (Å²) in [6.45, 7) is 2.66. The molecule has 1 heterocycles. The minimum absolute atomic E-state index is 0.0877. The van der Waals surface area contributed by atoms with E-state index >= 15 is 0 Å². The molecular weight excluding hydrogens is 502 g/mol. The Morgan fingerprint density at radius 2 is 1.88 bits per heavy atom. The second-order valence-electron chi connectivity index (χ2n) is 6.95. The summed E-state index contributed by atoms with van der Waals surface area (Å²) >= 11 is 24.7. The highest BCUT2D eigenvalue weighted by Crippen LogP contribution is 2.34. The molecule has 0 aliphatic carbocycles. The van der Waals surface area contributed by atoms with Crippen LogP contribution in [0.25, 0.3) is 0 Å². The maximum Gasteiger partial charge on any atom is 0.327 e. The summed E-state index contributed by atoms with van der Waals surface area (Å²) in [4.78, 5) is 18.6. The van der Waals surface area contributed by atoms with Crippen LogP contribution in [0, 0.1) is 17.0 Å². The Kier molecular flexibility index (Phi) is 8.42. The summed E-state index contributed by atoms with van der Waals surface area (Å²) in [5.41, 5.74) is 1.71. The topological polar surface area (TPSA) is 92.3 Å². The highest BCUT2D eigenvalue weighted by molar-refractivity contribution is 6.36. The van der Waals surface area contributed by atoms with Crippen molar-refractivity contribution in [1.82, 2.24) is 14.8 Å². The van der Waals surface area contributed by atoms with Crippen LogP contribution in [0.3, 0.4) is 0 Å². The molecule has 0 fully saturated rings. The molecule has 8 nitrogen and oxygen atoms in total. The first-order valence-corrected chi connectivity index (χ1v) is 11.0. The highest BCUT2D eigenvalue weighted by Gasteiger charge is 2.18. The van der Waals surface area contributed by atoms with Crippen LogP contribution in [0.2, 0.25) is 20.1 Å². The average Bonchev–Trinajstić information content (AvgIpc) is 3.12. The second-order valence-corrected chi connectivity index (χ2v) is 8.64. The zero-order valence-corrected chi connectivity index (χ0v) is 19.8. The highest BCUT2D eigenvalue weighted by atomic mass is 35.5. The lowest BCUT2D eigenvalue weighted by Crippen LogP contribution is -2.13. The van der Waals surface area contributed by atoms with Crippen molar-refractivity contribution < 1.29 is 14.7 Å². The van der Waals surface area contributed by atoms with Gasteiger partial charge in [-0.1, -0.05) is 52.5 Å². The molecule has 1 atom stereocenters. The zero-order valence-electron chi connectivity index (χ0n) is 16.8. The Morgan fingerprint density at radius 1 is 1.12 bits per heavy atom. The first-order chi connectivity index (χ1) is 15.2. The van der Waals surface area contributed by atoms with E-state index in [2.05, 4.69) is 14.9 Å². The Balaban J connectivity index is 1.70. The van der Waals surface area contributed by atoms with E-state index < -0.39 is 5.09 Å². The molecule has 0 radical (unpaired) electrons. The number of nitrogens with zero attached hydrogens (tertiary/aromatic N) is 4. The van der Waals surface area contributed by atoms with Crippen molar-refractivity contribution in [3.05, 3.63) is 78.0 Å². The third kappa shape index (κ3) is 6.62. The van der Waals surface area contributed by atoms with Gasteiger partial charge in [-0.2, -0.15) is 4.98 Å². The summed E-state index contributed by atoms with van der Waals surface area (Å²) in [6.07, 6.45) is 2.72. The summed E-state index contributed by atoms with van der Waals surface area (Å²) in [6, 6.07) is 8.35. The SMILES string of the molecule is Cc1cc(Cl)cc(Cl)c1OCCCC(Cn1cnc(O[N+](=O)[O-])n1)c1ccc(Cl)cc1Cl. The van der Waals surface area contributed by atoms with E-state index in [1.807, 2.05) is 13.0 Å². The number of hydrogen-bond donors (Lipinski definition) is 0. The molecule has 3 rings (SSSR count). The van der Waals surface area contributed by atoms with E-state index in [0.29, 0.717) is 51.8 Å². The molecule has 0 spiro atoms. The first-order valence-electron chi connectivity index (χ1n) is 9.48. The van der Waals surface area contributed by atoms with Crippen LogP contribution in [0.1, 0.15) is 29.9 Å². The predicted octanol–water partition coefficient (Wildman–Crippen LogP) is 6.41. The number of hydrogen-bond acceptors (Lipinski definition) is 6. The van der Waals surface area contributed by atoms with Crippen LogP contribution in [0.4, 0.5) is 0 Å². The van der Waals surface area contributed by atoms with Crippen LogP contribution in [0.5, 0.6) is 11.8 Å². The number of aromatic nitrogens is 3. The molecule has 0 amide bonds. The zero-order chi connectivity index (χ0) is 23.3. The fourth-order valence-electron chi connectivity index (χ4n) is 3.25. The monoisotopic (exact) mass is 518 g/mol.